The van der Waals surface area contributed by atoms with Crippen LogP contribution in [-0.4, -0.2) is 52.0 Å². The minimum atomic E-state index is 0.393. The van der Waals surface area contributed by atoms with Crippen LogP contribution in [0.2, 0.25) is 0 Å². The predicted molar refractivity (Wildman–Crippen MR) is 99.5 cm³/mol. The first-order chi connectivity index (χ1) is 12.7. The molecule has 7 heteroatoms. The molecule has 1 fully saturated rings. The Labute approximate surface area is 153 Å². The number of hydrogen-bond acceptors (Lipinski definition) is 6. The van der Waals surface area contributed by atoms with Crippen LogP contribution in [0.3, 0.4) is 0 Å². The SMILES string of the molecule is CN(C)Cc1ccc(-c2noc(-c3cnn(C4CCCNC4)c3)n2)cc1. The molecular formula is C19H24N6O. The Hall–Kier alpha value is -2.51. The Kier molecular flexibility index (Phi) is 4.81. The van der Waals surface area contributed by atoms with Crippen molar-refractivity contribution in [2.75, 3.05) is 27.2 Å². The number of nitrogens with one attached hydrogen (secondary N) is 1. The van der Waals surface area contributed by atoms with E-state index in [1.165, 1.54) is 12.0 Å². The fourth-order valence-electron chi connectivity index (χ4n) is 3.29. The highest BCUT2D eigenvalue weighted by molar-refractivity contribution is 5.59. The van der Waals surface area contributed by atoms with Gasteiger partial charge in [-0.15, -0.1) is 0 Å². The first kappa shape index (κ1) is 16.9. The number of rotatable bonds is 5. The highest BCUT2D eigenvalue weighted by Crippen LogP contribution is 2.24. The van der Waals surface area contributed by atoms with Gasteiger partial charge in [-0.1, -0.05) is 29.4 Å². The van der Waals surface area contributed by atoms with E-state index in [1.54, 1.807) is 6.20 Å². The van der Waals surface area contributed by atoms with Crippen molar-refractivity contribution in [1.29, 1.82) is 0 Å². The van der Waals surface area contributed by atoms with E-state index in [-0.39, 0.29) is 0 Å². The van der Waals surface area contributed by atoms with E-state index in [2.05, 4.69) is 51.7 Å². The molecule has 0 spiro atoms. The standard InChI is InChI=1S/C19H24N6O/c1-24(2)12-14-5-7-15(8-6-14)18-22-19(26-23-18)16-10-21-25(13-16)17-4-3-9-20-11-17/h5-8,10,13,17,20H,3-4,9,11-12H2,1-2H3. The zero-order chi connectivity index (χ0) is 17.9. The Morgan fingerprint density at radius 2 is 2.08 bits per heavy atom. The number of piperidine rings is 1. The van der Waals surface area contributed by atoms with Gasteiger partial charge < -0.3 is 14.7 Å². The summed E-state index contributed by atoms with van der Waals surface area (Å²) in [7, 11) is 4.12. The average Bonchev–Trinajstić information content (AvgIpc) is 3.32. The molecule has 0 radical (unpaired) electrons. The van der Waals surface area contributed by atoms with Gasteiger partial charge in [0.1, 0.15) is 0 Å². The summed E-state index contributed by atoms with van der Waals surface area (Å²) < 4.78 is 7.46. The number of aromatic nitrogens is 4. The van der Waals surface area contributed by atoms with E-state index >= 15 is 0 Å². The first-order valence-electron chi connectivity index (χ1n) is 9.02. The Morgan fingerprint density at radius 1 is 1.23 bits per heavy atom. The van der Waals surface area contributed by atoms with E-state index in [0.717, 1.165) is 37.2 Å². The van der Waals surface area contributed by atoms with Gasteiger partial charge in [-0.2, -0.15) is 10.1 Å². The molecule has 0 aliphatic carbocycles. The molecule has 0 saturated carbocycles. The molecular weight excluding hydrogens is 328 g/mol. The number of hydrogen-bond donors (Lipinski definition) is 1. The van der Waals surface area contributed by atoms with Crippen molar-refractivity contribution in [2.24, 2.45) is 0 Å². The molecule has 4 rings (SSSR count). The van der Waals surface area contributed by atoms with Gasteiger partial charge in [0.2, 0.25) is 5.82 Å². The number of nitrogens with zero attached hydrogens (tertiary/aromatic N) is 5. The number of benzene rings is 1. The van der Waals surface area contributed by atoms with Crippen LogP contribution in [0, 0.1) is 0 Å². The Bertz CT molecular complexity index is 845. The summed E-state index contributed by atoms with van der Waals surface area (Å²) in [6.45, 7) is 2.95. The highest BCUT2D eigenvalue weighted by atomic mass is 16.5. The van der Waals surface area contributed by atoms with E-state index in [4.69, 9.17) is 4.52 Å². The molecule has 1 atom stereocenters. The summed E-state index contributed by atoms with van der Waals surface area (Å²) in [6, 6.07) is 8.65. The molecule has 1 unspecified atom stereocenters. The minimum absolute atomic E-state index is 0.393. The lowest BCUT2D eigenvalue weighted by Gasteiger charge is -2.22. The smallest absolute Gasteiger partial charge is 0.261 e. The van der Waals surface area contributed by atoms with Crippen LogP contribution >= 0.6 is 0 Å². The van der Waals surface area contributed by atoms with Crippen molar-refractivity contribution in [3.8, 4) is 22.8 Å². The summed E-state index contributed by atoms with van der Waals surface area (Å²) >= 11 is 0. The molecule has 7 nitrogen and oxygen atoms in total. The van der Waals surface area contributed by atoms with Gasteiger partial charge in [-0.3, -0.25) is 4.68 Å². The highest BCUT2D eigenvalue weighted by Gasteiger charge is 2.18. The quantitative estimate of drug-likeness (QED) is 0.761. The lowest BCUT2D eigenvalue weighted by atomic mass is 10.1. The van der Waals surface area contributed by atoms with Crippen molar-refractivity contribution >= 4 is 0 Å². The summed E-state index contributed by atoms with van der Waals surface area (Å²) in [6.07, 6.45) is 6.11. The third-order valence-electron chi connectivity index (χ3n) is 4.63. The molecule has 136 valence electrons. The summed E-state index contributed by atoms with van der Waals surface area (Å²) in [5, 5.41) is 12.0. The summed E-state index contributed by atoms with van der Waals surface area (Å²) in [4.78, 5) is 6.68. The van der Waals surface area contributed by atoms with Gasteiger partial charge in [0.25, 0.3) is 5.89 Å². The summed E-state index contributed by atoms with van der Waals surface area (Å²) in [5.74, 6) is 1.11. The van der Waals surface area contributed by atoms with Crippen LogP contribution in [0.5, 0.6) is 0 Å². The molecule has 1 aromatic carbocycles. The van der Waals surface area contributed by atoms with Crippen LogP contribution in [0.1, 0.15) is 24.4 Å². The monoisotopic (exact) mass is 352 g/mol. The maximum atomic E-state index is 5.46. The minimum Gasteiger partial charge on any atom is -0.333 e. The third-order valence-corrected chi connectivity index (χ3v) is 4.63. The van der Waals surface area contributed by atoms with Crippen molar-refractivity contribution in [3.63, 3.8) is 0 Å². The van der Waals surface area contributed by atoms with Crippen molar-refractivity contribution in [3.05, 3.63) is 42.2 Å². The lowest BCUT2D eigenvalue weighted by molar-refractivity contribution is 0.347. The molecule has 0 amide bonds. The maximum Gasteiger partial charge on any atom is 0.261 e. The largest absolute Gasteiger partial charge is 0.333 e. The fraction of sp³-hybridized carbons (Fsp3) is 0.421. The molecule has 1 aliphatic rings. The zero-order valence-electron chi connectivity index (χ0n) is 15.2. The molecule has 3 heterocycles. The van der Waals surface area contributed by atoms with E-state index in [1.807, 2.05) is 23.0 Å². The third kappa shape index (κ3) is 3.68. The average molecular weight is 352 g/mol. The summed E-state index contributed by atoms with van der Waals surface area (Å²) in [5.41, 5.74) is 3.06. The van der Waals surface area contributed by atoms with Crippen LogP contribution in [0.15, 0.2) is 41.2 Å². The molecule has 1 saturated heterocycles. The molecule has 0 bridgehead atoms. The molecule has 26 heavy (non-hydrogen) atoms. The van der Waals surface area contributed by atoms with Crippen LogP contribution in [0.25, 0.3) is 22.8 Å². The van der Waals surface area contributed by atoms with Gasteiger partial charge in [0.05, 0.1) is 17.8 Å². The molecule has 1 aliphatic heterocycles. The fourth-order valence-corrected chi connectivity index (χ4v) is 3.29. The second-order valence-electron chi connectivity index (χ2n) is 7.07. The molecule has 1 N–H and O–H groups in total. The Morgan fingerprint density at radius 3 is 2.81 bits per heavy atom. The van der Waals surface area contributed by atoms with Gasteiger partial charge in [0, 0.05) is 24.8 Å². The second-order valence-corrected chi connectivity index (χ2v) is 7.07. The van der Waals surface area contributed by atoms with Gasteiger partial charge in [0.15, 0.2) is 0 Å². The van der Waals surface area contributed by atoms with Gasteiger partial charge >= 0.3 is 0 Å². The topological polar surface area (TPSA) is 72.0 Å². The molecule has 3 aromatic rings. The van der Waals surface area contributed by atoms with Crippen LogP contribution in [-0.2, 0) is 6.54 Å². The first-order valence-corrected chi connectivity index (χ1v) is 9.02. The van der Waals surface area contributed by atoms with Crippen molar-refractivity contribution in [2.45, 2.75) is 25.4 Å². The zero-order valence-corrected chi connectivity index (χ0v) is 15.2. The predicted octanol–water partition coefficient (Wildman–Crippen LogP) is 2.59. The molecule has 2 aromatic heterocycles. The Balaban J connectivity index is 1.50. The maximum absolute atomic E-state index is 5.46. The van der Waals surface area contributed by atoms with Crippen molar-refractivity contribution in [1.82, 2.24) is 30.1 Å². The lowest BCUT2D eigenvalue weighted by Crippen LogP contribution is -2.31. The normalized spacial score (nSPS) is 17.7. The van der Waals surface area contributed by atoms with Gasteiger partial charge in [-0.25, -0.2) is 0 Å². The van der Waals surface area contributed by atoms with E-state index < -0.39 is 0 Å². The van der Waals surface area contributed by atoms with Gasteiger partial charge in [-0.05, 0) is 39.0 Å². The van der Waals surface area contributed by atoms with Crippen molar-refractivity contribution < 1.29 is 4.52 Å². The second kappa shape index (κ2) is 7.39. The van der Waals surface area contributed by atoms with Crippen LogP contribution < -0.4 is 5.32 Å². The van der Waals surface area contributed by atoms with E-state index in [0.29, 0.717) is 17.8 Å². The van der Waals surface area contributed by atoms with E-state index in [9.17, 15) is 0 Å². The van der Waals surface area contributed by atoms with Crippen LogP contribution in [0.4, 0.5) is 0 Å².